The maximum Gasteiger partial charge on any atom is 0.252 e. The van der Waals surface area contributed by atoms with Gasteiger partial charge < -0.3 is 14.6 Å². The summed E-state index contributed by atoms with van der Waals surface area (Å²) in [5.41, 5.74) is 2.45. The van der Waals surface area contributed by atoms with E-state index in [4.69, 9.17) is 4.74 Å². The maximum atomic E-state index is 12.1. The Labute approximate surface area is 148 Å². The Morgan fingerprint density at radius 1 is 1.33 bits per heavy atom. The van der Waals surface area contributed by atoms with Crippen molar-refractivity contribution in [3.63, 3.8) is 0 Å². The number of ether oxygens (including phenoxy) is 1. The number of nitrogens with one attached hydrogen (secondary N) is 1. The van der Waals surface area contributed by atoms with Crippen LogP contribution in [-0.4, -0.2) is 34.1 Å². The molecule has 1 N–H and O–H groups in total. The molecule has 3 rings (SSSR count). The molecular formula is C17H17BrN4O2. The third kappa shape index (κ3) is 3.41. The number of methoxy groups -OCH3 is 1. The molecule has 0 aliphatic rings. The summed E-state index contributed by atoms with van der Waals surface area (Å²) in [7, 11) is 3.61. The molecule has 0 aliphatic heterocycles. The molecule has 124 valence electrons. The molecule has 0 bridgehead atoms. The first kappa shape index (κ1) is 16.4. The minimum atomic E-state index is -0.149. The summed E-state index contributed by atoms with van der Waals surface area (Å²) in [6.07, 6.45) is 3.83. The lowest BCUT2D eigenvalue weighted by Gasteiger charge is -2.06. The second kappa shape index (κ2) is 7.00. The lowest BCUT2D eigenvalue weighted by molar-refractivity contribution is 0.0953. The van der Waals surface area contributed by atoms with Crippen molar-refractivity contribution in [3.05, 3.63) is 52.5 Å². The van der Waals surface area contributed by atoms with Gasteiger partial charge in [-0.1, -0.05) is 0 Å². The van der Waals surface area contributed by atoms with Crippen LogP contribution in [0.3, 0.4) is 0 Å². The number of rotatable bonds is 5. The van der Waals surface area contributed by atoms with Gasteiger partial charge in [-0.05, 0) is 34.1 Å². The molecule has 0 atom stereocenters. The van der Waals surface area contributed by atoms with Crippen molar-refractivity contribution in [2.75, 3.05) is 13.7 Å². The largest absolute Gasteiger partial charge is 0.497 e. The highest BCUT2D eigenvalue weighted by Gasteiger charge is 2.10. The van der Waals surface area contributed by atoms with Gasteiger partial charge in [0.15, 0.2) is 0 Å². The van der Waals surface area contributed by atoms with Crippen LogP contribution in [0.4, 0.5) is 0 Å². The van der Waals surface area contributed by atoms with E-state index < -0.39 is 0 Å². The van der Waals surface area contributed by atoms with E-state index in [1.807, 2.05) is 29.8 Å². The van der Waals surface area contributed by atoms with Crippen LogP contribution in [0.15, 0.2) is 41.1 Å². The number of hydrogen-bond acceptors (Lipinski definition) is 4. The van der Waals surface area contributed by atoms with Crippen LogP contribution in [0.2, 0.25) is 0 Å². The van der Waals surface area contributed by atoms with Crippen LogP contribution in [-0.2, 0) is 13.5 Å². The maximum absolute atomic E-state index is 12.1. The molecular weight excluding hydrogens is 372 g/mol. The average molecular weight is 389 g/mol. The molecule has 0 saturated heterocycles. The van der Waals surface area contributed by atoms with E-state index in [2.05, 4.69) is 31.2 Å². The second-order valence-corrected chi connectivity index (χ2v) is 6.26. The fourth-order valence-electron chi connectivity index (χ4n) is 2.51. The molecule has 6 nitrogen and oxygen atoms in total. The molecule has 0 aliphatic carbocycles. The molecule has 0 spiro atoms. The molecule has 7 heteroatoms. The number of imidazole rings is 1. The Morgan fingerprint density at radius 3 is 2.92 bits per heavy atom. The first-order valence-electron chi connectivity index (χ1n) is 7.46. The highest BCUT2D eigenvalue weighted by Crippen LogP contribution is 2.21. The number of fused-ring (bicyclic) bond motifs is 1. The van der Waals surface area contributed by atoms with Gasteiger partial charge in [0, 0.05) is 42.9 Å². The van der Waals surface area contributed by atoms with Crippen molar-refractivity contribution in [2.45, 2.75) is 6.42 Å². The van der Waals surface area contributed by atoms with Crippen LogP contribution >= 0.6 is 15.9 Å². The number of carbonyl (C=O) groups is 1. The molecule has 0 fully saturated rings. The Morgan fingerprint density at radius 2 is 2.17 bits per heavy atom. The van der Waals surface area contributed by atoms with Gasteiger partial charge in [-0.25, -0.2) is 4.98 Å². The minimum absolute atomic E-state index is 0.149. The third-order valence-electron chi connectivity index (χ3n) is 3.78. The minimum Gasteiger partial charge on any atom is -0.497 e. The number of aromatic nitrogens is 3. The average Bonchev–Trinajstić information content (AvgIpc) is 2.90. The summed E-state index contributed by atoms with van der Waals surface area (Å²) in [6.45, 7) is 0.500. The van der Waals surface area contributed by atoms with Crippen molar-refractivity contribution < 1.29 is 9.53 Å². The molecule has 2 aromatic heterocycles. The zero-order valence-corrected chi connectivity index (χ0v) is 15.0. The molecule has 0 saturated carbocycles. The Kier molecular flexibility index (Phi) is 4.80. The number of hydrogen-bond donors (Lipinski definition) is 1. The van der Waals surface area contributed by atoms with Crippen LogP contribution < -0.4 is 10.1 Å². The van der Waals surface area contributed by atoms with Crippen molar-refractivity contribution >= 4 is 32.9 Å². The highest BCUT2D eigenvalue weighted by molar-refractivity contribution is 9.10. The van der Waals surface area contributed by atoms with Crippen molar-refractivity contribution in [1.29, 1.82) is 0 Å². The van der Waals surface area contributed by atoms with Crippen molar-refractivity contribution in [3.8, 4) is 5.75 Å². The van der Waals surface area contributed by atoms with E-state index in [1.54, 1.807) is 25.6 Å². The molecule has 0 unspecified atom stereocenters. The van der Waals surface area contributed by atoms with Crippen LogP contribution in [0, 0.1) is 0 Å². The lowest BCUT2D eigenvalue weighted by Crippen LogP contribution is -2.26. The SMILES string of the molecule is COc1ccc2c(c1)nc(CCNC(=O)c1cncc(Br)c1)n2C. The third-order valence-corrected chi connectivity index (χ3v) is 4.22. The highest BCUT2D eigenvalue weighted by atomic mass is 79.9. The van der Waals surface area contributed by atoms with Gasteiger partial charge in [-0.2, -0.15) is 0 Å². The zero-order chi connectivity index (χ0) is 17.1. The number of halogens is 1. The van der Waals surface area contributed by atoms with Gasteiger partial charge in [0.2, 0.25) is 0 Å². The van der Waals surface area contributed by atoms with E-state index in [1.165, 1.54) is 0 Å². The predicted octanol–water partition coefficient (Wildman–Crippen LogP) is 2.71. The van der Waals surface area contributed by atoms with E-state index >= 15 is 0 Å². The number of aryl methyl sites for hydroxylation is 1. The summed E-state index contributed by atoms with van der Waals surface area (Å²) >= 11 is 3.31. The smallest absolute Gasteiger partial charge is 0.252 e. The summed E-state index contributed by atoms with van der Waals surface area (Å²) < 4.78 is 8.03. The van der Waals surface area contributed by atoms with Gasteiger partial charge in [0.05, 0.1) is 23.7 Å². The fourth-order valence-corrected chi connectivity index (χ4v) is 2.87. The normalized spacial score (nSPS) is 10.8. The van der Waals surface area contributed by atoms with E-state index in [0.29, 0.717) is 18.5 Å². The quantitative estimate of drug-likeness (QED) is 0.729. The Bertz CT molecular complexity index is 891. The van der Waals surface area contributed by atoms with Crippen LogP contribution in [0.1, 0.15) is 16.2 Å². The van der Waals surface area contributed by atoms with E-state index in [9.17, 15) is 4.79 Å². The van der Waals surface area contributed by atoms with Crippen molar-refractivity contribution in [1.82, 2.24) is 19.9 Å². The molecule has 1 aromatic carbocycles. The monoisotopic (exact) mass is 388 g/mol. The number of nitrogens with zero attached hydrogens (tertiary/aromatic N) is 3. The van der Waals surface area contributed by atoms with Gasteiger partial charge in [-0.15, -0.1) is 0 Å². The molecule has 0 radical (unpaired) electrons. The number of carbonyl (C=O) groups excluding carboxylic acids is 1. The molecule has 2 heterocycles. The summed E-state index contributed by atoms with van der Waals surface area (Å²) in [4.78, 5) is 20.7. The van der Waals surface area contributed by atoms with E-state index in [-0.39, 0.29) is 5.91 Å². The second-order valence-electron chi connectivity index (χ2n) is 5.34. The molecule has 1 amide bonds. The fraction of sp³-hybridized carbons (Fsp3) is 0.235. The van der Waals surface area contributed by atoms with Crippen LogP contribution in [0.5, 0.6) is 5.75 Å². The van der Waals surface area contributed by atoms with Crippen molar-refractivity contribution in [2.24, 2.45) is 7.05 Å². The summed E-state index contributed by atoms with van der Waals surface area (Å²) in [5.74, 6) is 1.54. The first-order chi connectivity index (χ1) is 11.6. The van der Waals surface area contributed by atoms with Gasteiger partial charge in [0.1, 0.15) is 11.6 Å². The standard InChI is InChI=1S/C17H17BrN4O2/c1-22-15-4-3-13(24-2)8-14(15)21-16(22)5-6-20-17(23)11-7-12(18)10-19-9-11/h3-4,7-10H,5-6H2,1-2H3,(H,20,23). The Balaban J connectivity index is 1.67. The number of amides is 1. The lowest BCUT2D eigenvalue weighted by atomic mass is 10.2. The molecule has 3 aromatic rings. The van der Waals surface area contributed by atoms with Crippen LogP contribution in [0.25, 0.3) is 11.0 Å². The number of benzene rings is 1. The topological polar surface area (TPSA) is 69.0 Å². The van der Waals surface area contributed by atoms with Gasteiger partial charge >= 0.3 is 0 Å². The van der Waals surface area contributed by atoms with Gasteiger partial charge in [0.25, 0.3) is 5.91 Å². The zero-order valence-electron chi connectivity index (χ0n) is 13.4. The summed E-state index contributed by atoms with van der Waals surface area (Å²) in [5, 5.41) is 2.89. The first-order valence-corrected chi connectivity index (χ1v) is 8.26. The van der Waals surface area contributed by atoms with E-state index in [0.717, 1.165) is 27.1 Å². The van der Waals surface area contributed by atoms with Gasteiger partial charge in [-0.3, -0.25) is 9.78 Å². The predicted molar refractivity (Wildman–Crippen MR) is 95.2 cm³/mol. The number of pyridine rings is 1. The molecule has 24 heavy (non-hydrogen) atoms. The Hall–Kier alpha value is -2.41. The summed E-state index contributed by atoms with van der Waals surface area (Å²) in [6, 6.07) is 7.54.